The van der Waals surface area contributed by atoms with Gasteiger partial charge in [0.15, 0.2) is 0 Å². The van der Waals surface area contributed by atoms with E-state index < -0.39 is 6.10 Å². The van der Waals surface area contributed by atoms with E-state index >= 15 is 0 Å². The van der Waals surface area contributed by atoms with Crippen LogP contribution in [0.5, 0.6) is 0 Å². The van der Waals surface area contributed by atoms with E-state index in [2.05, 4.69) is 13.8 Å². The van der Waals surface area contributed by atoms with Gasteiger partial charge in [0.25, 0.3) is 0 Å². The van der Waals surface area contributed by atoms with Crippen molar-refractivity contribution in [1.29, 1.82) is 0 Å². The van der Waals surface area contributed by atoms with Gasteiger partial charge in [-0.3, -0.25) is 0 Å². The van der Waals surface area contributed by atoms with Crippen LogP contribution in [0.2, 0.25) is 0 Å². The summed E-state index contributed by atoms with van der Waals surface area (Å²) >= 11 is 1.95. The maximum absolute atomic E-state index is 11.8. The molecule has 2 unspecified atom stereocenters. The van der Waals surface area contributed by atoms with Crippen LogP contribution in [-0.2, 0) is 5.11 Å². The molecule has 0 aliphatic rings. The number of unbranched alkanes of at least 4 members (excludes halogenated alkanes) is 11. The van der Waals surface area contributed by atoms with Crippen molar-refractivity contribution in [2.75, 3.05) is 5.75 Å². The van der Waals surface area contributed by atoms with E-state index in [0.717, 1.165) is 6.42 Å². The van der Waals surface area contributed by atoms with Crippen molar-refractivity contribution in [2.45, 2.75) is 122 Å². The van der Waals surface area contributed by atoms with Gasteiger partial charge in [-0.1, -0.05) is 90.9 Å². The fourth-order valence-electron chi connectivity index (χ4n) is 2.87. The Bertz CT molecular complexity index is 206. The number of hydrogen-bond acceptors (Lipinski definition) is 1. The first-order valence-corrected chi connectivity index (χ1v) is 11.0. The van der Waals surface area contributed by atoms with E-state index in [4.69, 9.17) is 0 Å². The summed E-state index contributed by atoms with van der Waals surface area (Å²) in [5.74, 6) is 1.20. The normalized spacial score (nSPS) is 14.2. The lowest BCUT2D eigenvalue weighted by atomic mass is 10.1. The molecule has 0 aromatic carbocycles. The summed E-state index contributed by atoms with van der Waals surface area (Å²) in [5.41, 5.74) is 0. The Morgan fingerprint density at radius 2 is 1.14 bits per heavy atom. The standard InChI is InChI=1S/C20H41OS/c1-4-6-8-10-11-12-14-16-18-22-20(19(3)21)17-15-13-9-7-5-2/h19-20H,4-18H2,1-3H3. The Kier molecular flexibility index (Phi) is 17.9. The second-order valence-corrected chi connectivity index (χ2v) is 8.14. The monoisotopic (exact) mass is 329 g/mol. The Balaban J connectivity index is 3.45. The molecule has 0 spiro atoms. The largest absolute Gasteiger partial charge is 0.232 e. The first-order valence-electron chi connectivity index (χ1n) is 9.99. The molecule has 0 saturated heterocycles. The molecule has 0 fully saturated rings. The van der Waals surface area contributed by atoms with Crippen LogP contribution >= 0.6 is 11.8 Å². The molecule has 1 radical (unpaired) electrons. The Morgan fingerprint density at radius 3 is 1.64 bits per heavy atom. The summed E-state index contributed by atoms with van der Waals surface area (Å²) < 4.78 is 0. The molecule has 0 aliphatic carbocycles. The molecule has 0 aliphatic heterocycles. The van der Waals surface area contributed by atoms with Gasteiger partial charge in [-0.05, 0) is 25.5 Å². The summed E-state index contributed by atoms with van der Waals surface area (Å²) in [4.78, 5) is 0. The molecule has 0 bridgehead atoms. The van der Waals surface area contributed by atoms with Crippen LogP contribution in [0.4, 0.5) is 0 Å². The fourth-order valence-corrected chi connectivity index (χ4v) is 4.15. The zero-order valence-electron chi connectivity index (χ0n) is 15.6. The second-order valence-electron chi connectivity index (χ2n) is 6.79. The van der Waals surface area contributed by atoms with E-state index in [-0.39, 0.29) is 0 Å². The minimum Gasteiger partial charge on any atom is -0.232 e. The quantitative estimate of drug-likeness (QED) is 0.254. The SMILES string of the molecule is CCCCCCCCCCSC(CCCCCCC)C(C)[O]. The highest BCUT2D eigenvalue weighted by Gasteiger charge is 2.16. The molecule has 0 aromatic heterocycles. The van der Waals surface area contributed by atoms with Gasteiger partial charge in [0.05, 0.1) is 0 Å². The molecule has 1 nitrogen and oxygen atoms in total. The molecular weight excluding hydrogens is 288 g/mol. The highest BCUT2D eigenvalue weighted by molar-refractivity contribution is 7.99. The molecule has 0 aromatic rings. The van der Waals surface area contributed by atoms with Gasteiger partial charge < -0.3 is 0 Å². The molecule has 2 heteroatoms. The molecule has 22 heavy (non-hydrogen) atoms. The highest BCUT2D eigenvalue weighted by atomic mass is 32.2. The van der Waals surface area contributed by atoms with Crippen LogP contribution in [0.15, 0.2) is 0 Å². The predicted octanol–water partition coefficient (Wildman–Crippen LogP) is 7.41. The van der Waals surface area contributed by atoms with Crippen LogP contribution in [0.1, 0.15) is 111 Å². The summed E-state index contributed by atoms with van der Waals surface area (Å²) in [5, 5.41) is 12.1. The summed E-state index contributed by atoms with van der Waals surface area (Å²) in [6.07, 6.45) is 18.3. The predicted molar refractivity (Wildman–Crippen MR) is 102 cm³/mol. The van der Waals surface area contributed by atoms with E-state index in [9.17, 15) is 5.11 Å². The lowest BCUT2D eigenvalue weighted by Crippen LogP contribution is -2.18. The molecular formula is C20H41OS. The highest BCUT2D eigenvalue weighted by Crippen LogP contribution is 2.23. The van der Waals surface area contributed by atoms with E-state index in [1.165, 1.54) is 89.2 Å². The molecule has 0 saturated carbocycles. The van der Waals surface area contributed by atoms with Crippen molar-refractivity contribution in [1.82, 2.24) is 0 Å². The smallest absolute Gasteiger partial charge is 0.102 e. The van der Waals surface area contributed by atoms with Crippen molar-refractivity contribution in [2.24, 2.45) is 0 Å². The first kappa shape index (κ1) is 22.3. The van der Waals surface area contributed by atoms with Crippen LogP contribution in [0.3, 0.4) is 0 Å². The van der Waals surface area contributed by atoms with Crippen LogP contribution in [0.25, 0.3) is 0 Å². The van der Waals surface area contributed by atoms with E-state index in [1.807, 2.05) is 18.7 Å². The lowest BCUT2D eigenvalue weighted by molar-refractivity contribution is 0.100. The van der Waals surface area contributed by atoms with Gasteiger partial charge in [-0.15, -0.1) is 0 Å². The Morgan fingerprint density at radius 1 is 0.682 bits per heavy atom. The number of hydrogen-bond donors (Lipinski definition) is 0. The zero-order chi connectivity index (χ0) is 16.5. The van der Waals surface area contributed by atoms with Crippen molar-refractivity contribution in [3.63, 3.8) is 0 Å². The third-order valence-corrected chi connectivity index (χ3v) is 6.02. The van der Waals surface area contributed by atoms with Gasteiger partial charge in [0.2, 0.25) is 0 Å². The van der Waals surface area contributed by atoms with Gasteiger partial charge in [-0.25, -0.2) is 5.11 Å². The lowest BCUT2D eigenvalue weighted by Gasteiger charge is -2.18. The molecule has 133 valence electrons. The van der Waals surface area contributed by atoms with E-state index in [0.29, 0.717) is 5.25 Å². The average molecular weight is 330 g/mol. The van der Waals surface area contributed by atoms with Gasteiger partial charge in [-0.2, -0.15) is 11.8 Å². The summed E-state index contributed by atoms with van der Waals surface area (Å²) in [6.45, 7) is 6.38. The minimum absolute atomic E-state index is 0.353. The molecule has 0 amide bonds. The average Bonchev–Trinajstić information content (AvgIpc) is 2.50. The third-order valence-electron chi connectivity index (χ3n) is 4.45. The van der Waals surface area contributed by atoms with Gasteiger partial charge in [0.1, 0.15) is 6.10 Å². The van der Waals surface area contributed by atoms with Crippen LogP contribution in [0, 0.1) is 0 Å². The Hall–Kier alpha value is 0.310. The zero-order valence-corrected chi connectivity index (χ0v) is 16.4. The van der Waals surface area contributed by atoms with Crippen molar-refractivity contribution >= 4 is 11.8 Å². The Labute approximate surface area is 145 Å². The summed E-state index contributed by atoms with van der Waals surface area (Å²) in [7, 11) is 0. The molecule has 2 atom stereocenters. The van der Waals surface area contributed by atoms with Crippen LogP contribution in [-0.4, -0.2) is 17.1 Å². The first-order chi connectivity index (χ1) is 10.7. The van der Waals surface area contributed by atoms with E-state index in [1.54, 1.807) is 0 Å². The van der Waals surface area contributed by atoms with Gasteiger partial charge in [0, 0.05) is 5.25 Å². The van der Waals surface area contributed by atoms with Crippen LogP contribution < -0.4 is 0 Å². The fraction of sp³-hybridized carbons (Fsp3) is 1.00. The maximum atomic E-state index is 11.8. The number of thioether (sulfide) groups is 1. The minimum atomic E-state index is -0.398. The molecule has 0 heterocycles. The van der Waals surface area contributed by atoms with Crippen molar-refractivity contribution in [3.8, 4) is 0 Å². The third kappa shape index (κ3) is 15.2. The van der Waals surface area contributed by atoms with Gasteiger partial charge >= 0.3 is 0 Å². The molecule has 0 rings (SSSR count). The van der Waals surface area contributed by atoms with Crippen molar-refractivity contribution in [3.05, 3.63) is 0 Å². The van der Waals surface area contributed by atoms with Crippen molar-refractivity contribution < 1.29 is 5.11 Å². The second kappa shape index (κ2) is 17.7. The number of rotatable bonds is 17. The topological polar surface area (TPSA) is 19.9 Å². The summed E-state index contributed by atoms with van der Waals surface area (Å²) in [6, 6.07) is 0. The molecule has 0 N–H and O–H groups in total. The maximum Gasteiger partial charge on any atom is 0.102 e.